The van der Waals surface area contributed by atoms with Crippen molar-refractivity contribution in [2.75, 3.05) is 6.61 Å². The van der Waals surface area contributed by atoms with Crippen molar-refractivity contribution >= 4 is 11.3 Å². The van der Waals surface area contributed by atoms with Crippen LogP contribution >= 0.6 is 0 Å². The van der Waals surface area contributed by atoms with Crippen LogP contribution in [0.25, 0.3) is 11.3 Å². The lowest BCUT2D eigenvalue weighted by molar-refractivity contribution is 0.333. The van der Waals surface area contributed by atoms with Crippen molar-refractivity contribution in [2.45, 2.75) is 0 Å². The van der Waals surface area contributed by atoms with Gasteiger partial charge in [0.1, 0.15) is 23.3 Å². The summed E-state index contributed by atoms with van der Waals surface area (Å²) >= 11 is 0. The third-order valence-electron chi connectivity index (χ3n) is 4.82. The second-order valence-corrected chi connectivity index (χ2v) is 6.56. The van der Waals surface area contributed by atoms with Gasteiger partial charge in [-0.1, -0.05) is 18.7 Å². The average Bonchev–Trinajstić information content (AvgIpc) is 2.69. The SMILES string of the molecule is C=C1C=CN2C(=C1c1c(F)cccc1F)C=CC(CO)=C2c1ccc(F)cc1F. The van der Waals surface area contributed by atoms with Gasteiger partial charge in [-0.2, -0.15) is 0 Å². The van der Waals surface area contributed by atoms with Gasteiger partial charge in [0.2, 0.25) is 0 Å². The Labute approximate surface area is 164 Å². The summed E-state index contributed by atoms with van der Waals surface area (Å²) in [6.07, 6.45) is 6.22. The van der Waals surface area contributed by atoms with Crippen LogP contribution in [0.5, 0.6) is 0 Å². The summed E-state index contributed by atoms with van der Waals surface area (Å²) in [4.78, 5) is 1.51. The number of aliphatic hydroxyl groups is 1. The first-order valence-electron chi connectivity index (χ1n) is 8.75. The number of benzene rings is 2. The highest BCUT2D eigenvalue weighted by Crippen LogP contribution is 2.42. The van der Waals surface area contributed by atoms with Crippen molar-refractivity contribution in [1.82, 2.24) is 4.90 Å². The Balaban J connectivity index is 1.98. The zero-order chi connectivity index (χ0) is 20.7. The normalized spacial score (nSPS) is 16.0. The molecule has 2 heterocycles. The van der Waals surface area contributed by atoms with Gasteiger partial charge in [0.15, 0.2) is 0 Å². The highest BCUT2D eigenvalue weighted by molar-refractivity contribution is 5.90. The van der Waals surface area contributed by atoms with Gasteiger partial charge in [0.25, 0.3) is 0 Å². The van der Waals surface area contributed by atoms with Crippen LogP contribution in [0.2, 0.25) is 0 Å². The molecule has 0 aliphatic carbocycles. The van der Waals surface area contributed by atoms with E-state index in [0.717, 1.165) is 24.3 Å². The van der Waals surface area contributed by atoms with Crippen LogP contribution in [0.3, 0.4) is 0 Å². The van der Waals surface area contributed by atoms with Gasteiger partial charge in [-0.05, 0) is 42.0 Å². The summed E-state index contributed by atoms with van der Waals surface area (Å²) in [5, 5.41) is 9.77. The number of hydrogen-bond donors (Lipinski definition) is 1. The number of aliphatic hydroxyl groups excluding tert-OH is 1. The highest BCUT2D eigenvalue weighted by Gasteiger charge is 2.30. The van der Waals surface area contributed by atoms with Gasteiger partial charge in [0.05, 0.1) is 23.6 Å². The maximum atomic E-state index is 14.5. The molecule has 0 unspecified atom stereocenters. The molecule has 0 saturated heterocycles. The van der Waals surface area contributed by atoms with Gasteiger partial charge in [-0.15, -0.1) is 0 Å². The summed E-state index contributed by atoms with van der Waals surface area (Å²) in [6, 6.07) is 6.65. The predicted octanol–water partition coefficient (Wildman–Crippen LogP) is 5.31. The van der Waals surface area contributed by atoms with Crippen LogP contribution in [0.15, 0.2) is 84.2 Å². The summed E-state index contributed by atoms with van der Waals surface area (Å²) < 4.78 is 56.9. The Bertz CT molecular complexity index is 1140. The van der Waals surface area contributed by atoms with Crippen LogP contribution in [-0.2, 0) is 0 Å². The van der Waals surface area contributed by atoms with Crippen molar-refractivity contribution in [3.05, 3.63) is 119 Å². The molecule has 2 aromatic carbocycles. The topological polar surface area (TPSA) is 23.5 Å². The van der Waals surface area contributed by atoms with Gasteiger partial charge in [0, 0.05) is 29.0 Å². The molecule has 0 amide bonds. The fraction of sp³-hybridized carbons (Fsp3) is 0.0435. The lowest BCUT2D eigenvalue weighted by atomic mass is 9.89. The van der Waals surface area contributed by atoms with E-state index in [9.17, 15) is 22.7 Å². The minimum absolute atomic E-state index is 0.0443. The number of nitrogens with zero attached hydrogens (tertiary/aromatic N) is 1. The Kier molecular flexibility index (Phi) is 4.72. The molecule has 2 aromatic rings. The van der Waals surface area contributed by atoms with Crippen molar-refractivity contribution in [3.8, 4) is 0 Å². The molecule has 0 fully saturated rings. The Morgan fingerprint density at radius 2 is 1.62 bits per heavy atom. The van der Waals surface area contributed by atoms with Crippen molar-refractivity contribution in [1.29, 1.82) is 0 Å². The molecule has 0 radical (unpaired) electrons. The van der Waals surface area contributed by atoms with E-state index < -0.39 is 29.9 Å². The molecule has 0 bridgehead atoms. The molecule has 0 saturated carbocycles. The monoisotopic (exact) mass is 397 g/mol. The second kappa shape index (κ2) is 7.22. The molecular formula is C23H15F4NO. The maximum absolute atomic E-state index is 14.5. The lowest BCUT2D eigenvalue weighted by Gasteiger charge is -2.35. The van der Waals surface area contributed by atoms with E-state index in [-0.39, 0.29) is 22.4 Å². The Hall–Kier alpha value is -3.38. The summed E-state index contributed by atoms with van der Waals surface area (Å²) in [5.41, 5.74) is 1.34. The van der Waals surface area contributed by atoms with Crippen LogP contribution < -0.4 is 0 Å². The van der Waals surface area contributed by atoms with E-state index in [0.29, 0.717) is 16.8 Å². The van der Waals surface area contributed by atoms with E-state index in [1.165, 1.54) is 23.1 Å². The van der Waals surface area contributed by atoms with Gasteiger partial charge in [-0.25, -0.2) is 17.6 Å². The third kappa shape index (κ3) is 3.11. The molecule has 146 valence electrons. The molecule has 2 aliphatic heterocycles. The molecule has 0 aromatic heterocycles. The van der Waals surface area contributed by atoms with Crippen LogP contribution in [-0.4, -0.2) is 16.6 Å². The van der Waals surface area contributed by atoms with E-state index in [1.54, 1.807) is 18.4 Å². The molecule has 6 heteroatoms. The minimum Gasteiger partial charge on any atom is -0.392 e. The van der Waals surface area contributed by atoms with Crippen LogP contribution in [0, 0.1) is 23.3 Å². The second-order valence-electron chi connectivity index (χ2n) is 6.56. The first-order valence-corrected chi connectivity index (χ1v) is 8.75. The molecule has 2 nitrogen and oxygen atoms in total. The fourth-order valence-corrected chi connectivity index (χ4v) is 3.52. The lowest BCUT2D eigenvalue weighted by Crippen LogP contribution is -2.24. The van der Waals surface area contributed by atoms with E-state index in [1.807, 2.05) is 0 Å². The summed E-state index contributed by atoms with van der Waals surface area (Å²) in [7, 11) is 0. The number of fused-ring (bicyclic) bond motifs is 1. The molecule has 0 atom stereocenters. The van der Waals surface area contributed by atoms with Gasteiger partial charge in [-0.3, -0.25) is 0 Å². The first kappa shape index (κ1) is 19.0. The fourth-order valence-electron chi connectivity index (χ4n) is 3.52. The van der Waals surface area contributed by atoms with E-state index >= 15 is 0 Å². The molecule has 1 N–H and O–H groups in total. The first-order chi connectivity index (χ1) is 13.9. The Morgan fingerprint density at radius 3 is 2.28 bits per heavy atom. The van der Waals surface area contributed by atoms with Crippen molar-refractivity contribution in [3.63, 3.8) is 0 Å². The standard InChI is InChI=1S/C23H15F4NO/c1-13-9-10-28-20(21(13)22-17(25)3-2-4-18(22)26)8-5-14(12-29)23(28)16-7-6-15(24)11-19(16)27/h2-11,29H,1,12H2. The predicted molar refractivity (Wildman–Crippen MR) is 103 cm³/mol. The molecule has 4 rings (SSSR count). The molecule has 0 spiro atoms. The number of allylic oxidation sites excluding steroid dienone is 4. The molecule has 29 heavy (non-hydrogen) atoms. The number of halogens is 4. The number of hydrogen-bond acceptors (Lipinski definition) is 2. The zero-order valence-electron chi connectivity index (χ0n) is 15.1. The minimum atomic E-state index is -0.822. The molecule has 2 aliphatic rings. The smallest absolute Gasteiger partial charge is 0.135 e. The van der Waals surface area contributed by atoms with Crippen molar-refractivity contribution < 1.29 is 22.7 Å². The number of rotatable bonds is 3. The van der Waals surface area contributed by atoms with E-state index in [2.05, 4.69) is 6.58 Å². The van der Waals surface area contributed by atoms with Gasteiger partial charge < -0.3 is 10.0 Å². The third-order valence-corrected chi connectivity index (χ3v) is 4.82. The van der Waals surface area contributed by atoms with Gasteiger partial charge >= 0.3 is 0 Å². The maximum Gasteiger partial charge on any atom is 0.135 e. The average molecular weight is 397 g/mol. The Morgan fingerprint density at radius 1 is 0.897 bits per heavy atom. The van der Waals surface area contributed by atoms with E-state index in [4.69, 9.17) is 0 Å². The zero-order valence-corrected chi connectivity index (χ0v) is 15.1. The van der Waals surface area contributed by atoms with Crippen LogP contribution in [0.1, 0.15) is 11.1 Å². The van der Waals surface area contributed by atoms with Crippen LogP contribution in [0.4, 0.5) is 17.6 Å². The summed E-state index contributed by atoms with van der Waals surface area (Å²) in [5.74, 6) is -3.08. The van der Waals surface area contributed by atoms with Crippen molar-refractivity contribution in [2.24, 2.45) is 0 Å². The largest absolute Gasteiger partial charge is 0.392 e. The summed E-state index contributed by atoms with van der Waals surface area (Å²) in [6.45, 7) is 3.47. The highest BCUT2D eigenvalue weighted by atomic mass is 19.1. The molecular weight excluding hydrogens is 382 g/mol. The quantitative estimate of drug-likeness (QED) is 0.710.